The van der Waals surface area contributed by atoms with Crippen molar-refractivity contribution in [3.63, 3.8) is 0 Å². The predicted octanol–water partition coefficient (Wildman–Crippen LogP) is 1.28. The largest absolute Gasteiger partial charge is 0.573 e. The minimum Gasteiger partial charge on any atom is -0.493 e. The number of halogens is 3. The van der Waals surface area contributed by atoms with Gasteiger partial charge in [0.05, 0.1) is 13.0 Å². The molecule has 106 valence electrons. The first-order valence-electron chi connectivity index (χ1n) is 5.04. The van der Waals surface area contributed by atoms with Gasteiger partial charge in [0.1, 0.15) is 11.5 Å². The lowest BCUT2D eigenvalue weighted by molar-refractivity contribution is -0.274. The van der Waals surface area contributed by atoms with Gasteiger partial charge in [0.2, 0.25) is 0 Å². The number of nitrogens with one attached hydrogen (secondary N) is 1. The Morgan fingerprint density at radius 2 is 1.79 bits per heavy atom. The number of hydrazine groups is 1. The Morgan fingerprint density at radius 3 is 2.32 bits per heavy atom. The standard InChI is InChI=1S/C10H11F3N2O4/c11-10(12,13)18-8-3-1-7(2-4-8)17-6-5-9(16)19-15-14/h1-4,15H,5-6,14H2. The van der Waals surface area contributed by atoms with Gasteiger partial charge < -0.3 is 14.3 Å². The van der Waals surface area contributed by atoms with Crippen LogP contribution >= 0.6 is 0 Å². The number of ether oxygens (including phenoxy) is 2. The molecule has 0 saturated heterocycles. The van der Waals surface area contributed by atoms with Crippen LogP contribution in [0.3, 0.4) is 0 Å². The van der Waals surface area contributed by atoms with Crippen LogP contribution in [0.1, 0.15) is 6.42 Å². The molecule has 0 saturated carbocycles. The maximum absolute atomic E-state index is 11.9. The van der Waals surface area contributed by atoms with Crippen molar-refractivity contribution < 1.29 is 32.3 Å². The molecular formula is C10H11F3N2O4. The maximum atomic E-state index is 11.9. The van der Waals surface area contributed by atoms with E-state index in [9.17, 15) is 18.0 Å². The molecule has 0 heterocycles. The van der Waals surface area contributed by atoms with Gasteiger partial charge in [0.25, 0.3) is 0 Å². The number of benzene rings is 1. The third-order valence-corrected chi connectivity index (χ3v) is 1.80. The van der Waals surface area contributed by atoms with Gasteiger partial charge in [-0.2, -0.15) is 0 Å². The molecule has 1 rings (SSSR count). The minimum absolute atomic E-state index is 0.0000119. The average molecular weight is 280 g/mol. The molecule has 0 unspecified atom stereocenters. The molecule has 1 aromatic carbocycles. The van der Waals surface area contributed by atoms with E-state index in [4.69, 9.17) is 10.6 Å². The topological polar surface area (TPSA) is 82.8 Å². The minimum atomic E-state index is -4.73. The molecule has 19 heavy (non-hydrogen) atoms. The van der Waals surface area contributed by atoms with Crippen LogP contribution in [-0.2, 0) is 9.63 Å². The summed E-state index contributed by atoms with van der Waals surface area (Å²) in [5.74, 6) is 4.05. The first-order chi connectivity index (χ1) is 8.90. The zero-order valence-corrected chi connectivity index (χ0v) is 9.57. The van der Waals surface area contributed by atoms with Crippen LogP contribution in [0.5, 0.6) is 11.5 Å². The summed E-state index contributed by atoms with van der Waals surface area (Å²) in [7, 11) is 0. The first kappa shape index (κ1) is 15.1. The fourth-order valence-electron chi connectivity index (χ4n) is 1.11. The highest BCUT2D eigenvalue weighted by atomic mass is 19.4. The highest BCUT2D eigenvalue weighted by Gasteiger charge is 2.30. The lowest BCUT2D eigenvalue weighted by Gasteiger charge is -2.10. The Labute approximate surface area is 106 Å². The Balaban J connectivity index is 2.38. The van der Waals surface area contributed by atoms with Gasteiger partial charge in [-0.3, -0.25) is 4.79 Å². The highest BCUT2D eigenvalue weighted by Crippen LogP contribution is 2.24. The number of carbonyl (C=O) groups is 1. The van der Waals surface area contributed by atoms with E-state index in [0.29, 0.717) is 5.75 Å². The molecule has 0 fully saturated rings. The molecule has 1 aromatic rings. The normalized spacial score (nSPS) is 10.9. The molecule has 0 aliphatic carbocycles. The van der Waals surface area contributed by atoms with Crippen molar-refractivity contribution in [3.05, 3.63) is 24.3 Å². The molecule has 0 bridgehead atoms. The molecule has 0 aliphatic heterocycles. The zero-order valence-electron chi connectivity index (χ0n) is 9.57. The van der Waals surface area contributed by atoms with Crippen LogP contribution in [0.15, 0.2) is 24.3 Å². The molecule has 0 aliphatic rings. The molecule has 0 aromatic heterocycles. The molecular weight excluding hydrogens is 269 g/mol. The van der Waals surface area contributed by atoms with Gasteiger partial charge in [-0.25, -0.2) is 5.84 Å². The van der Waals surface area contributed by atoms with E-state index in [0.717, 1.165) is 12.1 Å². The number of alkyl halides is 3. The molecule has 0 atom stereocenters. The van der Waals surface area contributed by atoms with Gasteiger partial charge >= 0.3 is 12.3 Å². The Bertz CT molecular complexity index is 408. The molecule has 6 nitrogen and oxygen atoms in total. The number of rotatable bonds is 6. The van der Waals surface area contributed by atoms with Crippen molar-refractivity contribution in [2.24, 2.45) is 5.84 Å². The lowest BCUT2D eigenvalue weighted by Crippen LogP contribution is -2.26. The third-order valence-electron chi connectivity index (χ3n) is 1.80. The second-order valence-electron chi connectivity index (χ2n) is 3.21. The second-order valence-corrected chi connectivity index (χ2v) is 3.21. The first-order valence-corrected chi connectivity index (χ1v) is 5.04. The number of carbonyl (C=O) groups excluding carboxylic acids is 1. The number of nitrogens with two attached hydrogens (primary N) is 1. The van der Waals surface area contributed by atoms with Crippen LogP contribution in [0.2, 0.25) is 0 Å². The van der Waals surface area contributed by atoms with Crippen molar-refractivity contribution in [3.8, 4) is 11.5 Å². The van der Waals surface area contributed by atoms with E-state index in [-0.39, 0.29) is 18.8 Å². The summed E-state index contributed by atoms with van der Waals surface area (Å²) in [6.07, 6.45) is -4.80. The van der Waals surface area contributed by atoms with Gasteiger partial charge in [0, 0.05) is 0 Å². The van der Waals surface area contributed by atoms with Crippen LogP contribution in [0.4, 0.5) is 13.2 Å². The lowest BCUT2D eigenvalue weighted by atomic mass is 10.3. The van der Waals surface area contributed by atoms with E-state index in [1.165, 1.54) is 12.1 Å². The SMILES string of the molecule is NNOC(=O)CCOc1ccc(OC(F)(F)F)cc1. The predicted molar refractivity (Wildman–Crippen MR) is 56.7 cm³/mol. The van der Waals surface area contributed by atoms with Crippen LogP contribution < -0.4 is 20.9 Å². The van der Waals surface area contributed by atoms with Gasteiger partial charge in [-0.05, 0) is 24.3 Å². The van der Waals surface area contributed by atoms with E-state index in [1.54, 1.807) is 5.59 Å². The fraction of sp³-hybridized carbons (Fsp3) is 0.300. The van der Waals surface area contributed by atoms with E-state index < -0.39 is 12.3 Å². The summed E-state index contributed by atoms with van der Waals surface area (Å²) in [6.45, 7) is -0.0000119. The maximum Gasteiger partial charge on any atom is 0.573 e. The second kappa shape index (κ2) is 6.81. The number of hydrogen-bond donors (Lipinski definition) is 2. The van der Waals surface area contributed by atoms with Gasteiger partial charge in [0.15, 0.2) is 0 Å². The zero-order chi connectivity index (χ0) is 14.3. The van der Waals surface area contributed by atoms with E-state index in [1.807, 2.05) is 0 Å². The molecule has 0 spiro atoms. The van der Waals surface area contributed by atoms with E-state index in [2.05, 4.69) is 9.57 Å². The molecule has 0 radical (unpaired) electrons. The molecule has 9 heteroatoms. The van der Waals surface area contributed by atoms with Crippen molar-refractivity contribution in [1.29, 1.82) is 0 Å². The van der Waals surface area contributed by atoms with Crippen molar-refractivity contribution in [1.82, 2.24) is 5.59 Å². The third kappa shape index (κ3) is 6.48. The molecule has 3 N–H and O–H groups in total. The summed E-state index contributed by atoms with van der Waals surface area (Å²) in [4.78, 5) is 15.1. The fourth-order valence-corrected chi connectivity index (χ4v) is 1.11. The average Bonchev–Trinajstić information content (AvgIpc) is 2.30. The smallest absolute Gasteiger partial charge is 0.493 e. The van der Waals surface area contributed by atoms with Crippen LogP contribution in [0, 0.1) is 0 Å². The highest BCUT2D eigenvalue weighted by molar-refractivity contribution is 5.69. The summed E-state index contributed by atoms with van der Waals surface area (Å²) in [6, 6.07) is 4.77. The summed E-state index contributed by atoms with van der Waals surface area (Å²) >= 11 is 0. The van der Waals surface area contributed by atoms with Gasteiger partial charge in [-0.15, -0.1) is 13.2 Å². The van der Waals surface area contributed by atoms with Crippen molar-refractivity contribution >= 4 is 5.97 Å². The monoisotopic (exact) mass is 280 g/mol. The van der Waals surface area contributed by atoms with E-state index >= 15 is 0 Å². The quantitative estimate of drug-likeness (QED) is 0.603. The van der Waals surface area contributed by atoms with Crippen molar-refractivity contribution in [2.45, 2.75) is 12.8 Å². The van der Waals surface area contributed by atoms with Crippen LogP contribution in [0.25, 0.3) is 0 Å². The summed E-state index contributed by atoms with van der Waals surface area (Å²) in [5, 5.41) is 0. The molecule has 0 amide bonds. The Kier molecular flexibility index (Phi) is 5.39. The van der Waals surface area contributed by atoms with Crippen molar-refractivity contribution in [2.75, 3.05) is 6.61 Å². The number of hydrogen-bond acceptors (Lipinski definition) is 6. The Morgan fingerprint density at radius 1 is 1.21 bits per heavy atom. The summed E-state index contributed by atoms with van der Waals surface area (Å²) in [5.41, 5.74) is 1.72. The summed E-state index contributed by atoms with van der Waals surface area (Å²) < 4.78 is 44.4. The van der Waals surface area contributed by atoms with Gasteiger partial charge in [-0.1, -0.05) is 5.59 Å². The van der Waals surface area contributed by atoms with Crippen LogP contribution in [-0.4, -0.2) is 18.9 Å². The Hall–Kier alpha value is -2.00.